The number of methoxy groups -OCH3 is 1. The lowest BCUT2D eigenvalue weighted by atomic mass is 10.2. The van der Waals surface area contributed by atoms with Crippen LogP contribution in [0.5, 0.6) is 5.75 Å². The van der Waals surface area contributed by atoms with Crippen molar-refractivity contribution in [3.8, 4) is 5.75 Å². The van der Waals surface area contributed by atoms with Gasteiger partial charge in [0.05, 0.1) is 20.3 Å². The Balaban J connectivity index is 2.67. The van der Waals surface area contributed by atoms with Crippen molar-refractivity contribution >= 4 is 8.38 Å². The van der Waals surface area contributed by atoms with Gasteiger partial charge in [-0.1, -0.05) is 18.2 Å². The number of hydrogen-bond donors (Lipinski definition) is 0. The topological polar surface area (TPSA) is 27.7 Å². The van der Waals surface area contributed by atoms with Crippen LogP contribution >= 0.6 is 8.38 Å². The molecule has 0 saturated carbocycles. The highest BCUT2D eigenvalue weighted by molar-refractivity contribution is 7.46. The summed E-state index contributed by atoms with van der Waals surface area (Å²) in [5, 5.41) is 0. The minimum atomic E-state index is -0.839. The zero-order valence-electron chi connectivity index (χ0n) is 10.1. The van der Waals surface area contributed by atoms with Crippen LogP contribution in [-0.4, -0.2) is 20.3 Å². The van der Waals surface area contributed by atoms with Gasteiger partial charge in [-0.2, -0.15) is 0 Å². The van der Waals surface area contributed by atoms with Gasteiger partial charge in [-0.15, -0.1) is 0 Å². The summed E-state index contributed by atoms with van der Waals surface area (Å²) in [6.45, 7) is 5.33. The molecule has 0 aliphatic rings. The molecule has 0 saturated heterocycles. The van der Waals surface area contributed by atoms with E-state index in [4.69, 9.17) is 13.8 Å². The third-order valence-corrected chi connectivity index (χ3v) is 3.73. The molecular formula is C12H19O3P. The summed E-state index contributed by atoms with van der Waals surface area (Å²) in [4.78, 5) is 0. The van der Waals surface area contributed by atoms with E-state index in [0.29, 0.717) is 13.2 Å². The van der Waals surface area contributed by atoms with E-state index in [1.165, 1.54) is 0 Å². The highest BCUT2D eigenvalue weighted by Gasteiger charge is 2.13. The van der Waals surface area contributed by atoms with E-state index in [-0.39, 0.29) is 0 Å². The Morgan fingerprint density at radius 2 is 1.69 bits per heavy atom. The maximum Gasteiger partial charge on any atom is 0.175 e. The van der Waals surface area contributed by atoms with Crippen LogP contribution in [0.25, 0.3) is 0 Å². The van der Waals surface area contributed by atoms with Crippen molar-refractivity contribution in [3.05, 3.63) is 29.8 Å². The normalized spacial score (nSPS) is 10.8. The molecule has 4 heteroatoms. The first-order chi connectivity index (χ1) is 7.81. The van der Waals surface area contributed by atoms with Crippen molar-refractivity contribution in [1.29, 1.82) is 0 Å². The zero-order valence-corrected chi connectivity index (χ0v) is 11.0. The molecule has 0 bridgehead atoms. The van der Waals surface area contributed by atoms with Gasteiger partial charge in [0, 0.05) is 11.7 Å². The number of benzene rings is 1. The minimum absolute atomic E-state index is 0.681. The van der Waals surface area contributed by atoms with Crippen LogP contribution in [-0.2, 0) is 15.2 Å². The molecule has 1 aromatic carbocycles. The van der Waals surface area contributed by atoms with Gasteiger partial charge in [-0.25, -0.2) is 0 Å². The molecule has 0 radical (unpaired) electrons. The highest BCUT2D eigenvalue weighted by Crippen LogP contribution is 2.43. The molecule has 0 fully saturated rings. The van der Waals surface area contributed by atoms with Crippen molar-refractivity contribution in [3.63, 3.8) is 0 Å². The number of hydrogen-bond acceptors (Lipinski definition) is 3. The molecule has 0 aliphatic carbocycles. The van der Waals surface area contributed by atoms with Crippen LogP contribution < -0.4 is 4.74 Å². The Kier molecular flexibility index (Phi) is 6.39. The molecule has 1 rings (SSSR count). The van der Waals surface area contributed by atoms with E-state index in [1.54, 1.807) is 7.11 Å². The fraction of sp³-hybridized carbons (Fsp3) is 0.500. The Hall–Kier alpha value is -0.630. The maximum absolute atomic E-state index is 5.57. The van der Waals surface area contributed by atoms with Gasteiger partial charge in [0.15, 0.2) is 8.38 Å². The van der Waals surface area contributed by atoms with Crippen molar-refractivity contribution in [2.75, 3.05) is 20.3 Å². The summed E-state index contributed by atoms with van der Waals surface area (Å²) in [5.74, 6) is 0.898. The van der Waals surface area contributed by atoms with Gasteiger partial charge in [0.25, 0.3) is 0 Å². The number of rotatable bonds is 7. The van der Waals surface area contributed by atoms with Crippen molar-refractivity contribution < 1.29 is 13.8 Å². The van der Waals surface area contributed by atoms with Gasteiger partial charge < -0.3 is 13.8 Å². The third-order valence-electron chi connectivity index (χ3n) is 2.04. The van der Waals surface area contributed by atoms with Gasteiger partial charge in [-0.05, 0) is 19.9 Å². The Morgan fingerprint density at radius 3 is 2.25 bits per heavy atom. The van der Waals surface area contributed by atoms with Gasteiger partial charge in [0.2, 0.25) is 0 Å². The van der Waals surface area contributed by atoms with E-state index in [2.05, 4.69) is 0 Å². The van der Waals surface area contributed by atoms with Crippen LogP contribution in [0.15, 0.2) is 24.3 Å². The van der Waals surface area contributed by atoms with E-state index in [9.17, 15) is 0 Å². The third kappa shape index (κ3) is 4.09. The van der Waals surface area contributed by atoms with Crippen molar-refractivity contribution in [2.24, 2.45) is 0 Å². The van der Waals surface area contributed by atoms with Gasteiger partial charge >= 0.3 is 0 Å². The first-order valence-corrected chi connectivity index (χ1v) is 6.83. The molecule has 0 aromatic heterocycles. The molecule has 0 atom stereocenters. The van der Waals surface area contributed by atoms with Gasteiger partial charge in [0.1, 0.15) is 5.75 Å². The molecule has 16 heavy (non-hydrogen) atoms. The molecule has 0 N–H and O–H groups in total. The number of ether oxygens (including phenoxy) is 1. The van der Waals surface area contributed by atoms with Crippen LogP contribution in [0, 0.1) is 0 Å². The molecule has 0 unspecified atom stereocenters. The lowest BCUT2D eigenvalue weighted by molar-refractivity contribution is 0.268. The molecule has 90 valence electrons. The number of para-hydroxylation sites is 1. The fourth-order valence-corrected chi connectivity index (χ4v) is 2.76. The standard InChI is InChI=1S/C12H19O3P/c1-4-14-16(15-5-2)10-11-8-6-7-9-12(11)13-3/h6-9H,4-5,10H2,1-3H3. The quantitative estimate of drug-likeness (QED) is 0.684. The van der Waals surface area contributed by atoms with Crippen LogP contribution in [0.4, 0.5) is 0 Å². The summed E-state index contributed by atoms with van der Waals surface area (Å²) in [5.41, 5.74) is 1.14. The highest BCUT2D eigenvalue weighted by atomic mass is 31.2. The van der Waals surface area contributed by atoms with Crippen LogP contribution in [0.1, 0.15) is 19.4 Å². The zero-order chi connectivity index (χ0) is 11.8. The summed E-state index contributed by atoms with van der Waals surface area (Å²) in [7, 11) is 0.844. The Bertz CT molecular complexity index is 298. The Morgan fingerprint density at radius 1 is 1.06 bits per heavy atom. The summed E-state index contributed by atoms with van der Waals surface area (Å²) in [6.07, 6.45) is 0.779. The molecular weight excluding hydrogens is 223 g/mol. The SMILES string of the molecule is CCOP(Cc1ccccc1OC)OCC. The van der Waals surface area contributed by atoms with Crippen LogP contribution in [0.2, 0.25) is 0 Å². The lowest BCUT2D eigenvalue weighted by Gasteiger charge is -2.17. The monoisotopic (exact) mass is 242 g/mol. The van der Waals surface area contributed by atoms with Crippen molar-refractivity contribution in [2.45, 2.75) is 20.0 Å². The molecule has 0 spiro atoms. The van der Waals surface area contributed by atoms with Crippen molar-refractivity contribution in [1.82, 2.24) is 0 Å². The second-order valence-electron chi connectivity index (χ2n) is 3.14. The molecule has 1 aromatic rings. The lowest BCUT2D eigenvalue weighted by Crippen LogP contribution is -1.96. The van der Waals surface area contributed by atoms with Gasteiger partial charge in [-0.3, -0.25) is 0 Å². The predicted molar refractivity (Wildman–Crippen MR) is 66.9 cm³/mol. The smallest absolute Gasteiger partial charge is 0.175 e. The summed E-state index contributed by atoms with van der Waals surface area (Å²) >= 11 is 0. The maximum atomic E-state index is 5.57. The predicted octanol–water partition coefficient (Wildman–Crippen LogP) is 3.58. The summed E-state index contributed by atoms with van der Waals surface area (Å²) < 4.78 is 16.4. The Labute approximate surface area is 98.6 Å². The molecule has 0 aliphatic heterocycles. The first kappa shape index (κ1) is 13.4. The largest absolute Gasteiger partial charge is 0.496 e. The molecule has 3 nitrogen and oxygen atoms in total. The molecule has 0 amide bonds. The first-order valence-electron chi connectivity index (χ1n) is 5.47. The van der Waals surface area contributed by atoms with E-state index in [1.807, 2.05) is 38.1 Å². The van der Waals surface area contributed by atoms with E-state index >= 15 is 0 Å². The second-order valence-corrected chi connectivity index (χ2v) is 4.64. The second kappa shape index (κ2) is 7.61. The average molecular weight is 242 g/mol. The molecule has 0 heterocycles. The average Bonchev–Trinajstić information content (AvgIpc) is 2.30. The summed E-state index contributed by atoms with van der Waals surface area (Å²) in [6, 6.07) is 7.97. The van der Waals surface area contributed by atoms with Crippen LogP contribution in [0.3, 0.4) is 0 Å². The van der Waals surface area contributed by atoms with E-state index in [0.717, 1.165) is 17.5 Å². The van der Waals surface area contributed by atoms with E-state index < -0.39 is 8.38 Å². The fourth-order valence-electron chi connectivity index (χ4n) is 1.39. The minimum Gasteiger partial charge on any atom is -0.496 e.